The molecule has 5 nitrogen and oxygen atoms in total. The third kappa shape index (κ3) is 12.1. The average Bonchev–Trinajstić information content (AvgIpc) is 2.08. The highest BCUT2D eigenvalue weighted by molar-refractivity contribution is 5.32. The minimum absolute atomic E-state index is 0.0104. The Labute approximate surface area is 71.3 Å². The van der Waals surface area contributed by atoms with E-state index in [1.54, 1.807) is 0 Å². The summed E-state index contributed by atoms with van der Waals surface area (Å²) in [5.41, 5.74) is 0. The van der Waals surface area contributed by atoms with Gasteiger partial charge in [0.25, 0.3) is 6.47 Å². The first-order chi connectivity index (χ1) is 5.76. The van der Waals surface area contributed by atoms with Crippen molar-refractivity contribution in [2.45, 2.75) is 12.8 Å². The fraction of sp³-hybridized carbons (Fsp3) is 0.857. The van der Waals surface area contributed by atoms with Gasteiger partial charge in [-0.3, -0.25) is 4.79 Å². The predicted molar refractivity (Wildman–Crippen MR) is 42.7 cm³/mol. The second-order valence-electron chi connectivity index (χ2n) is 2.20. The first-order valence-corrected chi connectivity index (χ1v) is 3.67. The minimum Gasteiger partial charge on any atom is -0.483 e. The standard InChI is InChI=1S/C6H14O3.CH2O2/c7-3-1-2-6(4-8)5-9;2-1-3/h6-9H,1-5H2;1H,(H,2,3). The molecule has 0 aliphatic rings. The molecule has 0 rings (SSSR count). The van der Waals surface area contributed by atoms with E-state index in [1.165, 1.54) is 0 Å². The lowest BCUT2D eigenvalue weighted by Gasteiger charge is -2.07. The van der Waals surface area contributed by atoms with Gasteiger partial charge in [0, 0.05) is 25.7 Å². The molecule has 0 bridgehead atoms. The predicted octanol–water partition coefficient (Wildman–Crippen LogP) is -0.940. The summed E-state index contributed by atoms with van der Waals surface area (Å²) in [6.45, 7) is -0.0937. The maximum absolute atomic E-state index is 8.51. The second-order valence-corrected chi connectivity index (χ2v) is 2.20. The van der Waals surface area contributed by atoms with E-state index in [4.69, 9.17) is 25.2 Å². The Kier molecular flexibility index (Phi) is 15.0. The number of hydrogen-bond donors (Lipinski definition) is 4. The van der Waals surface area contributed by atoms with Crippen molar-refractivity contribution < 1.29 is 25.2 Å². The van der Waals surface area contributed by atoms with Crippen molar-refractivity contribution in [2.24, 2.45) is 5.92 Å². The highest BCUT2D eigenvalue weighted by atomic mass is 16.3. The van der Waals surface area contributed by atoms with E-state index >= 15 is 0 Å². The highest BCUT2D eigenvalue weighted by Crippen LogP contribution is 2.02. The molecule has 0 fully saturated rings. The Morgan fingerprint density at radius 1 is 1.17 bits per heavy atom. The molecule has 0 aromatic rings. The monoisotopic (exact) mass is 180 g/mol. The van der Waals surface area contributed by atoms with Crippen LogP contribution in [0.1, 0.15) is 12.8 Å². The molecule has 0 atom stereocenters. The average molecular weight is 180 g/mol. The zero-order valence-corrected chi connectivity index (χ0v) is 6.89. The fourth-order valence-electron chi connectivity index (χ4n) is 0.620. The molecule has 0 aliphatic carbocycles. The molecule has 5 heteroatoms. The largest absolute Gasteiger partial charge is 0.483 e. The Morgan fingerprint density at radius 3 is 1.83 bits per heavy atom. The van der Waals surface area contributed by atoms with E-state index in [9.17, 15) is 0 Å². The Bertz CT molecular complexity index is 81.9. The molecule has 0 amide bonds. The van der Waals surface area contributed by atoms with Crippen molar-refractivity contribution in [2.75, 3.05) is 19.8 Å². The van der Waals surface area contributed by atoms with Gasteiger partial charge < -0.3 is 20.4 Å². The first kappa shape index (κ1) is 13.9. The summed E-state index contributed by atoms with van der Waals surface area (Å²) in [5.74, 6) is -0.0443. The molecular formula is C7H16O5. The third-order valence-corrected chi connectivity index (χ3v) is 1.29. The van der Waals surface area contributed by atoms with Crippen LogP contribution in [0.25, 0.3) is 0 Å². The Hall–Kier alpha value is -0.650. The van der Waals surface area contributed by atoms with Crippen LogP contribution in [-0.4, -0.2) is 46.7 Å². The van der Waals surface area contributed by atoms with Crippen LogP contribution in [0.5, 0.6) is 0 Å². The summed E-state index contributed by atoms with van der Waals surface area (Å²) in [6, 6.07) is 0. The van der Waals surface area contributed by atoms with Crippen molar-refractivity contribution in [1.29, 1.82) is 0 Å². The van der Waals surface area contributed by atoms with Gasteiger partial charge in [-0.1, -0.05) is 0 Å². The van der Waals surface area contributed by atoms with Crippen LogP contribution in [0, 0.1) is 5.92 Å². The minimum atomic E-state index is -0.250. The van der Waals surface area contributed by atoms with E-state index in [0.29, 0.717) is 12.8 Å². The molecule has 0 unspecified atom stereocenters. The van der Waals surface area contributed by atoms with Crippen LogP contribution < -0.4 is 0 Å². The normalized spacial score (nSPS) is 9.00. The zero-order valence-electron chi connectivity index (χ0n) is 6.89. The zero-order chi connectivity index (χ0) is 9.82. The fourth-order valence-corrected chi connectivity index (χ4v) is 0.620. The molecule has 0 aliphatic heterocycles. The number of hydrogen-bond acceptors (Lipinski definition) is 4. The van der Waals surface area contributed by atoms with Crippen molar-refractivity contribution in [3.8, 4) is 0 Å². The summed E-state index contributed by atoms with van der Waals surface area (Å²) in [6.07, 6.45) is 1.36. The molecule has 0 spiro atoms. The number of rotatable bonds is 5. The maximum atomic E-state index is 8.51. The van der Waals surface area contributed by atoms with Gasteiger partial charge in [-0.25, -0.2) is 0 Å². The van der Waals surface area contributed by atoms with Crippen molar-refractivity contribution in [1.82, 2.24) is 0 Å². The quantitative estimate of drug-likeness (QED) is 0.409. The summed E-state index contributed by atoms with van der Waals surface area (Å²) < 4.78 is 0. The summed E-state index contributed by atoms with van der Waals surface area (Å²) in [7, 11) is 0. The van der Waals surface area contributed by atoms with Gasteiger partial charge in [0.05, 0.1) is 0 Å². The molecule has 0 heterocycles. The molecule has 0 saturated carbocycles. The number of aliphatic hydroxyl groups excluding tert-OH is 3. The van der Waals surface area contributed by atoms with Crippen molar-refractivity contribution >= 4 is 6.47 Å². The highest BCUT2D eigenvalue weighted by Gasteiger charge is 2.03. The molecule has 74 valence electrons. The molecule has 0 saturated heterocycles. The first-order valence-electron chi connectivity index (χ1n) is 3.67. The van der Waals surface area contributed by atoms with Crippen molar-refractivity contribution in [3.63, 3.8) is 0 Å². The van der Waals surface area contributed by atoms with Gasteiger partial charge in [0.2, 0.25) is 0 Å². The van der Waals surface area contributed by atoms with E-state index in [1.807, 2.05) is 0 Å². The topological polar surface area (TPSA) is 98.0 Å². The smallest absolute Gasteiger partial charge is 0.290 e. The summed E-state index contributed by atoms with van der Waals surface area (Å²) >= 11 is 0. The van der Waals surface area contributed by atoms with Crippen LogP contribution >= 0.6 is 0 Å². The van der Waals surface area contributed by atoms with Gasteiger partial charge in [0.15, 0.2) is 0 Å². The van der Waals surface area contributed by atoms with E-state index < -0.39 is 0 Å². The van der Waals surface area contributed by atoms with Gasteiger partial charge >= 0.3 is 0 Å². The van der Waals surface area contributed by atoms with Crippen molar-refractivity contribution in [3.05, 3.63) is 0 Å². The van der Waals surface area contributed by atoms with Gasteiger partial charge in [0.1, 0.15) is 0 Å². The number of carboxylic acid groups (broad SMARTS) is 1. The Balaban J connectivity index is 0. The van der Waals surface area contributed by atoms with Crippen LogP contribution in [0.2, 0.25) is 0 Å². The van der Waals surface area contributed by atoms with Crippen LogP contribution in [0.3, 0.4) is 0 Å². The molecule has 0 radical (unpaired) electrons. The second kappa shape index (κ2) is 13.0. The van der Waals surface area contributed by atoms with Gasteiger partial charge in [-0.05, 0) is 12.8 Å². The third-order valence-electron chi connectivity index (χ3n) is 1.29. The Morgan fingerprint density at radius 2 is 1.58 bits per heavy atom. The SMILES string of the molecule is O=CO.OCCCC(CO)CO. The lowest BCUT2D eigenvalue weighted by Crippen LogP contribution is -2.11. The van der Waals surface area contributed by atoms with E-state index in [-0.39, 0.29) is 32.2 Å². The van der Waals surface area contributed by atoms with Crippen LogP contribution in [0.15, 0.2) is 0 Å². The van der Waals surface area contributed by atoms with Gasteiger partial charge in [-0.15, -0.1) is 0 Å². The lowest BCUT2D eigenvalue weighted by molar-refractivity contribution is -0.122. The van der Waals surface area contributed by atoms with Crippen LogP contribution in [-0.2, 0) is 4.79 Å². The van der Waals surface area contributed by atoms with Gasteiger partial charge in [-0.2, -0.15) is 0 Å². The molecule has 12 heavy (non-hydrogen) atoms. The lowest BCUT2D eigenvalue weighted by atomic mass is 10.1. The molecular weight excluding hydrogens is 164 g/mol. The summed E-state index contributed by atoms with van der Waals surface area (Å²) in [4.78, 5) is 8.36. The van der Waals surface area contributed by atoms with Crippen LogP contribution in [0.4, 0.5) is 0 Å². The molecule has 0 aromatic carbocycles. The van der Waals surface area contributed by atoms with E-state index in [2.05, 4.69) is 0 Å². The molecule has 0 aromatic heterocycles. The molecule has 4 N–H and O–H groups in total. The number of carbonyl (C=O) groups is 1. The number of aliphatic hydroxyl groups is 3. The maximum Gasteiger partial charge on any atom is 0.290 e. The van der Waals surface area contributed by atoms with E-state index in [0.717, 1.165) is 0 Å². The summed E-state index contributed by atoms with van der Waals surface area (Å²) in [5, 5.41) is 32.3.